The fraction of sp³-hybridized carbons (Fsp3) is 0.294. The molecule has 0 bridgehead atoms. The Bertz CT molecular complexity index is 844. The zero-order chi connectivity index (χ0) is 19.2. The maximum atomic E-state index is 13.0. The molecular weight excluding hydrogens is 360 g/mol. The van der Waals surface area contributed by atoms with Crippen LogP contribution in [0, 0.1) is 6.92 Å². The van der Waals surface area contributed by atoms with Crippen LogP contribution in [0.2, 0.25) is 0 Å². The van der Waals surface area contributed by atoms with Crippen LogP contribution in [0.25, 0.3) is 0 Å². The van der Waals surface area contributed by atoms with Crippen LogP contribution in [0.15, 0.2) is 52.0 Å². The van der Waals surface area contributed by atoms with Crippen LogP contribution < -0.4 is 10.6 Å². The smallest absolute Gasteiger partial charge is 0.309 e. The lowest BCUT2D eigenvalue weighted by molar-refractivity contribution is -0.139. The molecule has 0 fully saturated rings. The molecule has 0 unspecified atom stereocenters. The van der Waals surface area contributed by atoms with Crippen LogP contribution in [0.4, 0.5) is 0 Å². The lowest BCUT2D eigenvalue weighted by Gasteiger charge is -2.16. The number of carbonyl (C=O) groups excluding carboxylic acids is 2. The number of aliphatic hydroxyl groups excluding tert-OH is 1. The fourth-order valence-corrected chi connectivity index (χ4v) is 3.83. The highest BCUT2D eigenvalue weighted by molar-refractivity contribution is 7.91. The third-order valence-corrected chi connectivity index (χ3v) is 5.71. The van der Waals surface area contributed by atoms with E-state index in [-0.39, 0.29) is 30.4 Å². The average Bonchev–Trinajstić information content (AvgIpc) is 3.14. The number of carbonyl (C=O) groups is 2. The van der Waals surface area contributed by atoms with Gasteiger partial charge in [0.1, 0.15) is 11.0 Å². The Kier molecular flexibility index (Phi) is 6.53. The summed E-state index contributed by atoms with van der Waals surface area (Å²) in [5.74, 6) is -1.79. The summed E-state index contributed by atoms with van der Waals surface area (Å²) in [6, 6.07) is 9.35. The van der Waals surface area contributed by atoms with E-state index in [1.165, 1.54) is 24.5 Å². The van der Waals surface area contributed by atoms with E-state index in [9.17, 15) is 18.0 Å². The van der Waals surface area contributed by atoms with Crippen LogP contribution in [-0.4, -0.2) is 45.0 Å². The molecule has 0 radical (unpaired) electrons. The van der Waals surface area contributed by atoms with E-state index in [0.717, 1.165) is 5.56 Å². The number of nitrogens with one attached hydrogen (secondary N) is 2. The van der Waals surface area contributed by atoms with Crippen molar-refractivity contribution in [3.8, 4) is 0 Å². The first-order chi connectivity index (χ1) is 12.4. The van der Waals surface area contributed by atoms with Crippen molar-refractivity contribution in [1.29, 1.82) is 0 Å². The third-order valence-electron chi connectivity index (χ3n) is 3.64. The molecule has 0 aliphatic heterocycles. The standard InChI is InChI=1S/C17H20N2O6S/c1-12-4-6-13(7-5-12)26(23,24)15(14-3-2-10-25-14)11-19-17(22)16(21)18-8-9-20/h2-7,10,15,20H,8-9,11H2,1H3,(H,18,21)(H,19,22)/t15-/m1/s1. The van der Waals surface area contributed by atoms with Crippen molar-refractivity contribution in [2.75, 3.05) is 19.7 Å². The van der Waals surface area contributed by atoms with Gasteiger partial charge < -0.3 is 20.2 Å². The van der Waals surface area contributed by atoms with Gasteiger partial charge in [-0.25, -0.2) is 8.42 Å². The molecule has 0 saturated carbocycles. The lowest BCUT2D eigenvalue weighted by Crippen LogP contribution is -2.43. The number of furan rings is 1. The molecule has 2 aromatic rings. The summed E-state index contributed by atoms with van der Waals surface area (Å²) in [4.78, 5) is 23.4. The lowest BCUT2D eigenvalue weighted by atomic mass is 10.2. The maximum Gasteiger partial charge on any atom is 0.309 e. The second-order valence-corrected chi connectivity index (χ2v) is 7.68. The molecule has 1 aromatic heterocycles. The fourth-order valence-electron chi connectivity index (χ4n) is 2.25. The van der Waals surface area contributed by atoms with Crippen molar-refractivity contribution < 1.29 is 27.5 Å². The van der Waals surface area contributed by atoms with Crippen LogP contribution in [0.5, 0.6) is 0 Å². The van der Waals surface area contributed by atoms with E-state index >= 15 is 0 Å². The molecule has 3 N–H and O–H groups in total. The molecule has 140 valence electrons. The van der Waals surface area contributed by atoms with Crippen molar-refractivity contribution >= 4 is 21.7 Å². The van der Waals surface area contributed by atoms with Gasteiger partial charge in [-0.3, -0.25) is 9.59 Å². The molecule has 26 heavy (non-hydrogen) atoms. The number of aryl methyl sites for hydroxylation is 1. The Morgan fingerprint density at radius 3 is 2.35 bits per heavy atom. The van der Waals surface area contributed by atoms with Crippen LogP contribution in [-0.2, 0) is 19.4 Å². The minimum atomic E-state index is -3.86. The molecule has 0 aliphatic carbocycles. The van der Waals surface area contributed by atoms with Gasteiger partial charge in [0, 0.05) is 13.1 Å². The van der Waals surface area contributed by atoms with Crippen molar-refractivity contribution in [3.05, 3.63) is 54.0 Å². The molecule has 0 spiro atoms. The molecule has 8 nitrogen and oxygen atoms in total. The van der Waals surface area contributed by atoms with Gasteiger partial charge in [-0.05, 0) is 31.2 Å². The molecular formula is C17H20N2O6S. The molecule has 1 heterocycles. The summed E-state index contributed by atoms with van der Waals surface area (Å²) >= 11 is 0. The highest BCUT2D eigenvalue weighted by atomic mass is 32.2. The normalized spacial score (nSPS) is 12.4. The Morgan fingerprint density at radius 1 is 1.12 bits per heavy atom. The molecule has 9 heteroatoms. The molecule has 1 atom stereocenters. The van der Waals surface area contributed by atoms with Crippen LogP contribution >= 0.6 is 0 Å². The van der Waals surface area contributed by atoms with Crippen molar-refractivity contribution in [2.45, 2.75) is 17.1 Å². The summed E-state index contributed by atoms with van der Waals surface area (Å²) in [7, 11) is -3.86. The maximum absolute atomic E-state index is 13.0. The summed E-state index contributed by atoms with van der Waals surface area (Å²) in [5, 5.41) is 12.0. The average molecular weight is 380 g/mol. The third kappa shape index (κ3) is 4.70. The SMILES string of the molecule is Cc1ccc(S(=O)(=O)[C@H](CNC(=O)C(=O)NCCO)c2ccco2)cc1. The van der Waals surface area contributed by atoms with Gasteiger partial charge in [-0.2, -0.15) is 0 Å². The van der Waals surface area contributed by atoms with E-state index in [4.69, 9.17) is 9.52 Å². The van der Waals surface area contributed by atoms with Gasteiger partial charge in [0.25, 0.3) is 0 Å². The Balaban J connectivity index is 2.21. The van der Waals surface area contributed by atoms with Crippen molar-refractivity contribution in [2.24, 2.45) is 0 Å². The zero-order valence-electron chi connectivity index (χ0n) is 14.1. The number of amides is 2. The van der Waals surface area contributed by atoms with E-state index in [1.54, 1.807) is 18.2 Å². The van der Waals surface area contributed by atoms with Gasteiger partial charge in [0.05, 0.1) is 17.8 Å². The molecule has 0 aliphatic rings. The van der Waals surface area contributed by atoms with E-state index < -0.39 is 26.9 Å². The van der Waals surface area contributed by atoms with Gasteiger partial charge in [-0.15, -0.1) is 0 Å². The largest absolute Gasteiger partial charge is 0.468 e. The summed E-state index contributed by atoms with van der Waals surface area (Å²) in [6.07, 6.45) is 1.34. The number of aliphatic hydroxyl groups is 1. The van der Waals surface area contributed by atoms with Crippen LogP contribution in [0.3, 0.4) is 0 Å². The molecule has 0 saturated heterocycles. The topological polar surface area (TPSA) is 126 Å². The second-order valence-electron chi connectivity index (χ2n) is 5.55. The van der Waals surface area contributed by atoms with Crippen molar-refractivity contribution in [3.63, 3.8) is 0 Å². The minimum absolute atomic E-state index is 0.0739. The first kappa shape index (κ1) is 19.7. The van der Waals surface area contributed by atoms with E-state index in [0.29, 0.717) is 0 Å². The van der Waals surface area contributed by atoms with Crippen molar-refractivity contribution in [1.82, 2.24) is 10.6 Å². The number of rotatable bonds is 7. The summed E-state index contributed by atoms with van der Waals surface area (Å²) in [5.41, 5.74) is 0.910. The minimum Gasteiger partial charge on any atom is -0.468 e. The summed E-state index contributed by atoms with van der Waals surface area (Å²) < 4.78 is 31.1. The van der Waals surface area contributed by atoms with Crippen LogP contribution in [0.1, 0.15) is 16.6 Å². The number of hydrogen-bond donors (Lipinski definition) is 3. The summed E-state index contributed by atoms with van der Waals surface area (Å²) in [6.45, 7) is 1.12. The molecule has 1 aromatic carbocycles. The first-order valence-electron chi connectivity index (χ1n) is 7.87. The Labute approximate surface area is 151 Å². The number of benzene rings is 1. The Morgan fingerprint density at radius 2 is 1.77 bits per heavy atom. The number of hydrogen-bond acceptors (Lipinski definition) is 6. The Hall–Kier alpha value is -2.65. The monoisotopic (exact) mass is 380 g/mol. The molecule has 2 rings (SSSR count). The van der Waals surface area contributed by atoms with E-state index in [1.807, 2.05) is 6.92 Å². The van der Waals surface area contributed by atoms with Gasteiger partial charge in [-0.1, -0.05) is 17.7 Å². The predicted molar refractivity (Wildman–Crippen MR) is 92.9 cm³/mol. The highest BCUT2D eigenvalue weighted by Gasteiger charge is 2.32. The predicted octanol–water partition coefficient (Wildman–Crippen LogP) is 0.328. The second kappa shape index (κ2) is 8.63. The molecule has 2 amide bonds. The number of sulfone groups is 1. The highest BCUT2D eigenvalue weighted by Crippen LogP contribution is 2.29. The quantitative estimate of drug-likeness (QED) is 0.594. The zero-order valence-corrected chi connectivity index (χ0v) is 15.0. The van der Waals surface area contributed by atoms with E-state index in [2.05, 4.69) is 10.6 Å². The van der Waals surface area contributed by atoms with Gasteiger partial charge >= 0.3 is 11.8 Å². The van der Waals surface area contributed by atoms with Gasteiger partial charge in [0.15, 0.2) is 9.84 Å². The first-order valence-corrected chi connectivity index (χ1v) is 9.41. The van der Waals surface area contributed by atoms with Gasteiger partial charge in [0.2, 0.25) is 0 Å².